The third-order valence-electron chi connectivity index (χ3n) is 2.83. The molecular weight excluding hydrogens is 312 g/mol. The largest absolute Gasteiger partial charge is 0.466 e. The highest BCUT2D eigenvalue weighted by molar-refractivity contribution is 7.22. The van der Waals surface area contributed by atoms with Crippen LogP contribution in [0.1, 0.15) is 20.3 Å². The molecule has 0 aliphatic carbocycles. The summed E-state index contributed by atoms with van der Waals surface area (Å²) >= 11 is 7.46. The van der Waals surface area contributed by atoms with Crippen LogP contribution < -0.4 is 5.32 Å². The van der Waals surface area contributed by atoms with E-state index in [2.05, 4.69) is 10.3 Å². The topological polar surface area (TPSA) is 68.3 Å². The number of nitrogens with zero attached hydrogens (tertiary/aromatic N) is 1. The number of anilines is 1. The summed E-state index contributed by atoms with van der Waals surface area (Å²) < 4.78 is 5.79. The Labute approximate surface area is 131 Å². The molecule has 21 heavy (non-hydrogen) atoms. The van der Waals surface area contributed by atoms with Crippen LogP contribution in [-0.4, -0.2) is 29.4 Å². The van der Waals surface area contributed by atoms with E-state index in [1.807, 2.05) is 12.1 Å². The van der Waals surface area contributed by atoms with Gasteiger partial charge in [0.2, 0.25) is 0 Å². The number of halogens is 1. The number of hydrogen-bond acceptors (Lipinski definition) is 6. The Kier molecular flexibility index (Phi) is 5.14. The minimum absolute atomic E-state index is 0.0210. The molecule has 0 fully saturated rings. The summed E-state index contributed by atoms with van der Waals surface area (Å²) in [6.07, 6.45) is -0.0210. The standard InChI is InChI=1S/C14H15ClN2O3S/c1-3-20-12(19)7-10(8(2)18)16-14-17-13-9(15)5-4-6-11(13)21-14/h4-6,10H,3,7H2,1-2H3,(H,16,17). The molecule has 0 aliphatic heterocycles. The summed E-state index contributed by atoms with van der Waals surface area (Å²) in [6, 6.07) is 4.85. The first-order valence-corrected chi connectivity index (χ1v) is 7.68. The van der Waals surface area contributed by atoms with Crippen molar-refractivity contribution in [3.63, 3.8) is 0 Å². The molecule has 2 aromatic rings. The van der Waals surface area contributed by atoms with Crippen molar-refractivity contribution in [3.05, 3.63) is 23.2 Å². The van der Waals surface area contributed by atoms with Gasteiger partial charge in [0, 0.05) is 0 Å². The van der Waals surface area contributed by atoms with Crippen molar-refractivity contribution in [2.24, 2.45) is 0 Å². The average Bonchev–Trinajstić information content (AvgIpc) is 2.82. The van der Waals surface area contributed by atoms with Crippen LogP contribution in [0.2, 0.25) is 5.02 Å². The van der Waals surface area contributed by atoms with Crippen LogP contribution in [0.5, 0.6) is 0 Å². The van der Waals surface area contributed by atoms with Crippen molar-refractivity contribution in [3.8, 4) is 0 Å². The van der Waals surface area contributed by atoms with Crippen LogP contribution in [0, 0.1) is 0 Å². The maximum atomic E-state index is 11.7. The molecule has 1 N–H and O–H groups in total. The Hall–Kier alpha value is -1.66. The fourth-order valence-corrected chi connectivity index (χ4v) is 3.03. The molecule has 0 saturated heterocycles. The minimum atomic E-state index is -0.650. The van der Waals surface area contributed by atoms with Crippen LogP contribution in [0.4, 0.5) is 5.13 Å². The van der Waals surface area contributed by atoms with Crippen LogP contribution >= 0.6 is 22.9 Å². The maximum Gasteiger partial charge on any atom is 0.308 e. The number of aromatic nitrogens is 1. The number of ketones is 1. The van der Waals surface area contributed by atoms with Gasteiger partial charge in [-0.15, -0.1) is 0 Å². The molecule has 7 heteroatoms. The van der Waals surface area contributed by atoms with Crippen LogP contribution in [0.25, 0.3) is 10.2 Å². The second-order valence-corrected chi connectivity index (χ2v) is 5.86. The van der Waals surface area contributed by atoms with E-state index >= 15 is 0 Å². The van der Waals surface area contributed by atoms with Gasteiger partial charge in [0.25, 0.3) is 0 Å². The molecule has 2 rings (SSSR count). The highest BCUT2D eigenvalue weighted by atomic mass is 35.5. The lowest BCUT2D eigenvalue weighted by Crippen LogP contribution is -2.30. The monoisotopic (exact) mass is 326 g/mol. The zero-order valence-corrected chi connectivity index (χ0v) is 13.3. The zero-order chi connectivity index (χ0) is 15.4. The summed E-state index contributed by atoms with van der Waals surface area (Å²) in [5.41, 5.74) is 0.685. The lowest BCUT2D eigenvalue weighted by Gasteiger charge is -2.13. The predicted octanol–water partition coefficient (Wildman–Crippen LogP) is 3.27. The first-order chi connectivity index (χ1) is 10.0. The van der Waals surface area contributed by atoms with E-state index in [0.29, 0.717) is 22.3 Å². The van der Waals surface area contributed by atoms with E-state index in [-0.39, 0.29) is 12.2 Å². The summed E-state index contributed by atoms with van der Waals surface area (Å²) in [4.78, 5) is 27.5. The molecule has 1 aromatic heterocycles. The number of benzene rings is 1. The summed E-state index contributed by atoms with van der Waals surface area (Å²) in [5, 5.41) is 4.10. The molecule has 0 spiro atoms. The van der Waals surface area contributed by atoms with Crippen molar-refractivity contribution in [1.29, 1.82) is 0 Å². The van der Waals surface area contributed by atoms with Gasteiger partial charge in [-0.3, -0.25) is 9.59 Å². The van der Waals surface area contributed by atoms with Gasteiger partial charge in [0.15, 0.2) is 10.9 Å². The minimum Gasteiger partial charge on any atom is -0.466 e. The number of Topliss-reactive ketones (excluding diaryl/α,β-unsaturated/α-hetero) is 1. The molecule has 0 amide bonds. The van der Waals surface area contributed by atoms with Crippen molar-refractivity contribution >= 4 is 50.0 Å². The first kappa shape index (κ1) is 15.7. The van der Waals surface area contributed by atoms with Gasteiger partial charge in [-0.05, 0) is 26.0 Å². The number of rotatable bonds is 6. The second-order valence-electron chi connectivity index (χ2n) is 4.42. The number of hydrogen-bond donors (Lipinski definition) is 1. The third kappa shape index (κ3) is 3.92. The number of fused-ring (bicyclic) bond motifs is 1. The van der Waals surface area contributed by atoms with E-state index in [1.165, 1.54) is 18.3 Å². The lowest BCUT2D eigenvalue weighted by atomic mass is 10.1. The van der Waals surface area contributed by atoms with Gasteiger partial charge >= 0.3 is 5.97 Å². The second kappa shape index (κ2) is 6.87. The fraction of sp³-hybridized carbons (Fsp3) is 0.357. The Bertz CT molecular complexity index is 671. The molecule has 1 heterocycles. The van der Waals surface area contributed by atoms with Crippen LogP contribution in [-0.2, 0) is 14.3 Å². The molecule has 0 saturated carbocycles. The quantitative estimate of drug-likeness (QED) is 0.825. The Morgan fingerprint density at radius 3 is 2.86 bits per heavy atom. The SMILES string of the molecule is CCOC(=O)CC(Nc1nc2c(Cl)cccc2s1)C(C)=O. The lowest BCUT2D eigenvalue weighted by molar-refractivity contribution is -0.144. The average molecular weight is 327 g/mol. The van der Waals surface area contributed by atoms with Gasteiger partial charge in [-0.2, -0.15) is 0 Å². The van der Waals surface area contributed by atoms with E-state index in [1.54, 1.807) is 13.0 Å². The summed E-state index contributed by atoms with van der Waals surface area (Å²) in [5.74, 6) is -0.558. The Morgan fingerprint density at radius 2 is 2.24 bits per heavy atom. The molecule has 0 bridgehead atoms. The van der Waals surface area contributed by atoms with Crippen molar-refractivity contribution in [2.75, 3.05) is 11.9 Å². The number of carbonyl (C=O) groups excluding carboxylic acids is 2. The molecule has 1 atom stereocenters. The Morgan fingerprint density at radius 1 is 1.48 bits per heavy atom. The number of ether oxygens (including phenoxy) is 1. The molecular formula is C14H15ClN2O3S. The van der Waals surface area contributed by atoms with Gasteiger partial charge in [0.05, 0.1) is 28.8 Å². The van der Waals surface area contributed by atoms with Crippen molar-refractivity contribution in [1.82, 2.24) is 4.98 Å². The summed E-state index contributed by atoms with van der Waals surface area (Å²) in [7, 11) is 0. The molecule has 0 radical (unpaired) electrons. The van der Waals surface area contributed by atoms with Crippen molar-refractivity contribution < 1.29 is 14.3 Å². The number of esters is 1. The Balaban J connectivity index is 2.17. The summed E-state index contributed by atoms with van der Waals surface area (Å²) in [6.45, 7) is 3.45. The van der Waals surface area contributed by atoms with Gasteiger partial charge in [-0.25, -0.2) is 4.98 Å². The first-order valence-electron chi connectivity index (χ1n) is 6.49. The molecule has 0 aliphatic rings. The number of nitrogens with one attached hydrogen (secondary N) is 1. The fourth-order valence-electron chi connectivity index (χ4n) is 1.81. The highest BCUT2D eigenvalue weighted by Crippen LogP contribution is 2.31. The van der Waals surface area contributed by atoms with Crippen LogP contribution in [0.15, 0.2) is 18.2 Å². The number of carbonyl (C=O) groups is 2. The van der Waals surface area contributed by atoms with E-state index in [4.69, 9.17) is 16.3 Å². The van der Waals surface area contributed by atoms with Gasteiger partial charge < -0.3 is 10.1 Å². The van der Waals surface area contributed by atoms with E-state index in [0.717, 1.165) is 4.70 Å². The maximum absolute atomic E-state index is 11.7. The van der Waals surface area contributed by atoms with Gasteiger partial charge in [-0.1, -0.05) is 29.0 Å². The third-order valence-corrected chi connectivity index (χ3v) is 4.09. The normalized spacial score (nSPS) is 12.1. The molecule has 1 unspecified atom stereocenters. The van der Waals surface area contributed by atoms with Gasteiger partial charge in [0.1, 0.15) is 5.52 Å². The number of para-hydroxylation sites is 1. The van der Waals surface area contributed by atoms with Crippen LogP contribution in [0.3, 0.4) is 0 Å². The van der Waals surface area contributed by atoms with E-state index in [9.17, 15) is 9.59 Å². The van der Waals surface area contributed by atoms with Crippen molar-refractivity contribution in [2.45, 2.75) is 26.3 Å². The smallest absolute Gasteiger partial charge is 0.308 e. The zero-order valence-electron chi connectivity index (χ0n) is 11.7. The highest BCUT2D eigenvalue weighted by Gasteiger charge is 2.20. The molecule has 112 valence electrons. The molecule has 5 nitrogen and oxygen atoms in total. The molecule has 1 aromatic carbocycles. The predicted molar refractivity (Wildman–Crippen MR) is 84.0 cm³/mol. The van der Waals surface area contributed by atoms with E-state index < -0.39 is 12.0 Å². The number of thiazole rings is 1.